The van der Waals surface area contributed by atoms with E-state index in [1.165, 1.54) is 0 Å². The van der Waals surface area contributed by atoms with Crippen LogP contribution in [0.15, 0.2) is 24.5 Å². The molecule has 1 aliphatic heterocycles. The maximum atomic E-state index is 12.3. The molecule has 2 heterocycles. The van der Waals surface area contributed by atoms with Crippen LogP contribution in [0.2, 0.25) is 0 Å². The van der Waals surface area contributed by atoms with E-state index in [4.69, 9.17) is 0 Å². The van der Waals surface area contributed by atoms with E-state index in [-0.39, 0.29) is 11.8 Å². The maximum Gasteiger partial charge on any atom is 0.227 e. The van der Waals surface area contributed by atoms with Crippen LogP contribution in [0.3, 0.4) is 0 Å². The molecule has 110 valence electrons. The predicted octanol–water partition coefficient (Wildman–Crippen LogP) is 0.796. The Morgan fingerprint density at radius 3 is 2.62 bits per heavy atom. The van der Waals surface area contributed by atoms with Gasteiger partial charge in [-0.25, -0.2) is 4.98 Å². The minimum atomic E-state index is 0.0757. The van der Waals surface area contributed by atoms with Crippen LogP contribution in [-0.4, -0.2) is 57.8 Å². The smallest absolute Gasteiger partial charge is 0.227 e. The summed E-state index contributed by atoms with van der Waals surface area (Å²) in [7, 11) is 0. The number of aromatic nitrogens is 2. The molecule has 0 unspecified atom stereocenters. The summed E-state index contributed by atoms with van der Waals surface area (Å²) in [5.74, 6) is 0.184. The van der Waals surface area contributed by atoms with Gasteiger partial charge in [0.1, 0.15) is 0 Å². The monoisotopic (exact) mass is 286 g/mol. The van der Waals surface area contributed by atoms with Gasteiger partial charge in [-0.2, -0.15) is 0 Å². The largest absolute Gasteiger partial charge is 0.345 e. The summed E-state index contributed by atoms with van der Waals surface area (Å²) in [6, 6.07) is 5.82. The van der Waals surface area contributed by atoms with E-state index in [9.17, 15) is 9.59 Å². The highest BCUT2D eigenvalue weighted by molar-refractivity contribution is 5.82. The van der Waals surface area contributed by atoms with E-state index in [0.717, 1.165) is 16.6 Å². The van der Waals surface area contributed by atoms with Crippen LogP contribution in [0, 0.1) is 0 Å². The molecule has 1 N–H and O–H groups in total. The third-order valence-electron chi connectivity index (χ3n) is 3.92. The normalized spacial score (nSPS) is 15.5. The van der Waals surface area contributed by atoms with Crippen LogP contribution in [-0.2, 0) is 16.0 Å². The molecule has 1 aromatic heterocycles. The Morgan fingerprint density at radius 2 is 1.90 bits per heavy atom. The first-order valence-corrected chi connectivity index (χ1v) is 7.09. The second-order valence-electron chi connectivity index (χ2n) is 5.32. The number of hydrogen-bond acceptors (Lipinski definition) is 3. The molecule has 0 aliphatic carbocycles. The fourth-order valence-electron chi connectivity index (χ4n) is 2.65. The minimum Gasteiger partial charge on any atom is -0.345 e. The van der Waals surface area contributed by atoms with Crippen LogP contribution in [0.1, 0.15) is 12.5 Å². The number of amides is 2. The molecular formula is C15H18N4O2. The molecule has 1 saturated heterocycles. The molecule has 0 bridgehead atoms. The van der Waals surface area contributed by atoms with E-state index in [0.29, 0.717) is 32.6 Å². The molecule has 21 heavy (non-hydrogen) atoms. The first-order chi connectivity index (χ1) is 10.1. The van der Waals surface area contributed by atoms with Crippen molar-refractivity contribution < 1.29 is 9.59 Å². The van der Waals surface area contributed by atoms with Crippen molar-refractivity contribution in [3.8, 4) is 0 Å². The van der Waals surface area contributed by atoms with Crippen molar-refractivity contribution in [1.82, 2.24) is 19.8 Å². The summed E-state index contributed by atoms with van der Waals surface area (Å²) in [6.45, 7) is 4.05. The first-order valence-electron chi connectivity index (χ1n) is 7.09. The first kappa shape index (κ1) is 13.6. The molecule has 3 rings (SSSR count). The Labute approximate surface area is 122 Å². The van der Waals surface area contributed by atoms with Crippen LogP contribution < -0.4 is 0 Å². The van der Waals surface area contributed by atoms with Crippen molar-refractivity contribution in [2.24, 2.45) is 0 Å². The van der Waals surface area contributed by atoms with Gasteiger partial charge in [-0.1, -0.05) is 6.07 Å². The van der Waals surface area contributed by atoms with E-state index >= 15 is 0 Å². The molecule has 1 aromatic carbocycles. The molecule has 6 nitrogen and oxygen atoms in total. The summed E-state index contributed by atoms with van der Waals surface area (Å²) < 4.78 is 0. The Hall–Kier alpha value is -2.37. The lowest BCUT2D eigenvalue weighted by Crippen LogP contribution is -2.50. The zero-order chi connectivity index (χ0) is 14.8. The van der Waals surface area contributed by atoms with Gasteiger partial charge in [0.15, 0.2) is 0 Å². The zero-order valence-corrected chi connectivity index (χ0v) is 12.0. The Bertz CT molecular complexity index is 671. The lowest BCUT2D eigenvalue weighted by atomic mass is 10.1. The Balaban J connectivity index is 1.62. The number of nitrogens with one attached hydrogen (secondary N) is 1. The number of carbonyl (C=O) groups excluding carboxylic acids is 2. The number of piperazine rings is 1. The maximum absolute atomic E-state index is 12.3. The lowest BCUT2D eigenvalue weighted by molar-refractivity contribution is -0.138. The van der Waals surface area contributed by atoms with Crippen molar-refractivity contribution in [1.29, 1.82) is 0 Å². The van der Waals surface area contributed by atoms with Gasteiger partial charge in [0, 0.05) is 33.1 Å². The number of rotatable bonds is 2. The molecule has 0 radical (unpaired) electrons. The molecule has 6 heteroatoms. The second kappa shape index (κ2) is 5.55. The SMILES string of the molecule is CC(=O)N1CCN(C(=O)Cc2ccc3nc[nH]c3c2)CC1. The Morgan fingerprint density at radius 1 is 1.19 bits per heavy atom. The predicted molar refractivity (Wildman–Crippen MR) is 78.6 cm³/mol. The summed E-state index contributed by atoms with van der Waals surface area (Å²) in [4.78, 5) is 34.4. The van der Waals surface area contributed by atoms with Gasteiger partial charge in [-0.05, 0) is 17.7 Å². The minimum absolute atomic E-state index is 0.0757. The molecule has 0 saturated carbocycles. The van der Waals surface area contributed by atoms with Crippen molar-refractivity contribution in [3.63, 3.8) is 0 Å². The average molecular weight is 286 g/mol. The summed E-state index contributed by atoms with van der Waals surface area (Å²) >= 11 is 0. The second-order valence-corrected chi connectivity index (χ2v) is 5.32. The average Bonchev–Trinajstić information content (AvgIpc) is 2.95. The van der Waals surface area contributed by atoms with Gasteiger partial charge in [-0.3, -0.25) is 9.59 Å². The molecule has 2 amide bonds. The fourth-order valence-corrected chi connectivity index (χ4v) is 2.65. The molecule has 0 spiro atoms. The van der Waals surface area contributed by atoms with Crippen LogP contribution in [0.25, 0.3) is 11.0 Å². The van der Waals surface area contributed by atoms with Crippen LogP contribution in [0.4, 0.5) is 0 Å². The number of fused-ring (bicyclic) bond motifs is 1. The van der Waals surface area contributed by atoms with E-state index in [2.05, 4.69) is 9.97 Å². The number of nitrogens with zero attached hydrogens (tertiary/aromatic N) is 3. The van der Waals surface area contributed by atoms with E-state index < -0.39 is 0 Å². The number of benzene rings is 1. The fraction of sp³-hybridized carbons (Fsp3) is 0.400. The highest BCUT2D eigenvalue weighted by Crippen LogP contribution is 2.13. The summed E-state index contributed by atoms with van der Waals surface area (Å²) in [6.07, 6.45) is 2.03. The molecule has 2 aromatic rings. The standard InChI is InChI=1S/C15H18N4O2/c1-11(20)18-4-6-19(7-5-18)15(21)9-12-2-3-13-14(8-12)17-10-16-13/h2-3,8,10H,4-7,9H2,1H3,(H,16,17). The lowest BCUT2D eigenvalue weighted by Gasteiger charge is -2.34. The molecular weight excluding hydrogens is 268 g/mol. The number of hydrogen-bond donors (Lipinski definition) is 1. The third-order valence-corrected chi connectivity index (χ3v) is 3.92. The van der Waals surface area contributed by atoms with Gasteiger partial charge in [0.25, 0.3) is 0 Å². The highest BCUT2D eigenvalue weighted by Gasteiger charge is 2.22. The topological polar surface area (TPSA) is 69.3 Å². The van der Waals surface area contributed by atoms with Crippen LogP contribution in [0.5, 0.6) is 0 Å². The molecule has 0 atom stereocenters. The quantitative estimate of drug-likeness (QED) is 0.887. The molecule has 1 aliphatic rings. The highest BCUT2D eigenvalue weighted by atomic mass is 16.2. The van der Waals surface area contributed by atoms with Crippen molar-refractivity contribution in [3.05, 3.63) is 30.1 Å². The van der Waals surface area contributed by atoms with E-state index in [1.54, 1.807) is 18.2 Å². The van der Waals surface area contributed by atoms with Crippen molar-refractivity contribution >= 4 is 22.8 Å². The van der Waals surface area contributed by atoms with Gasteiger partial charge in [0.2, 0.25) is 11.8 Å². The Kier molecular flexibility index (Phi) is 3.60. The molecule has 1 fully saturated rings. The summed E-state index contributed by atoms with van der Waals surface area (Å²) in [5.41, 5.74) is 2.83. The van der Waals surface area contributed by atoms with Crippen molar-refractivity contribution in [2.75, 3.05) is 26.2 Å². The summed E-state index contributed by atoms with van der Waals surface area (Å²) in [5, 5.41) is 0. The zero-order valence-electron chi connectivity index (χ0n) is 12.0. The number of imidazole rings is 1. The van der Waals surface area contributed by atoms with Gasteiger partial charge in [0.05, 0.1) is 23.8 Å². The third kappa shape index (κ3) is 2.89. The van der Waals surface area contributed by atoms with Gasteiger partial charge in [-0.15, -0.1) is 0 Å². The number of aromatic amines is 1. The van der Waals surface area contributed by atoms with Crippen LogP contribution >= 0.6 is 0 Å². The van der Waals surface area contributed by atoms with Crippen molar-refractivity contribution in [2.45, 2.75) is 13.3 Å². The number of carbonyl (C=O) groups is 2. The number of H-pyrrole nitrogens is 1. The van der Waals surface area contributed by atoms with Gasteiger partial charge < -0.3 is 14.8 Å². The van der Waals surface area contributed by atoms with E-state index in [1.807, 2.05) is 23.1 Å². The van der Waals surface area contributed by atoms with Gasteiger partial charge >= 0.3 is 0 Å².